The fourth-order valence-corrected chi connectivity index (χ4v) is 2.42. The molecule has 1 saturated heterocycles. The molecule has 0 aromatic heterocycles. The molecule has 1 aromatic carbocycles. The average Bonchev–Trinajstić information content (AvgIpc) is 2.74. The standard InChI is InChI=1S/C14H16N2O2/c1-9-10(2)13(6-5-12(9)15-3)16-11(8-17)4-7-14(16)18/h5-6,11,17H,4,7-8H2,1-2H3/t11-/m1/s1. The van der Waals surface area contributed by atoms with Gasteiger partial charge in [0.2, 0.25) is 5.91 Å². The van der Waals surface area contributed by atoms with Gasteiger partial charge in [-0.2, -0.15) is 0 Å². The Morgan fingerprint density at radius 1 is 1.44 bits per heavy atom. The summed E-state index contributed by atoms with van der Waals surface area (Å²) in [7, 11) is 0. The third kappa shape index (κ3) is 1.87. The van der Waals surface area contributed by atoms with Crippen LogP contribution in [0.25, 0.3) is 4.85 Å². The Balaban J connectivity index is 2.49. The van der Waals surface area contributed by atoms with Gasteiger partial charge in [-0.1, -0.05) is 6.07 Å². The van der Waals surface area contributed by atoms with E-state index < -0.39 is 0 Å². The van der Waals surface area contributed by atoms with Crippen LogP contribution in [-0.4, -0.2) is 23.7 Å². The van der Waals surface area contributed by atoms with Gasteiger partial charge < -0.3 is 10.0 Å². The van der Waals surface area contributed by atoms with Gasteiger partial charge in [-0.05, 0) is 37.5 Å². The Morgan fingerprint density at radius 2 is 2.17 bits per heavy atom. The summed E-state index contributed by atoms with van der Waals surface area (Å²) in [5.74, 6) is 0.0483. The Hall–Kier alpha value is -1.86. The van der Waals surface area contributed by atoms with E-state index in [1.165, 1.54) is 0 Å². The summed E-state index contributed by atoms with van der Waals surface area (Å²) in [4.78, 5) is 17.0. The van der Waals surface area contributed by atoms with Crippen molar-refractivity contribution in [2.45, 2.75) is 32.7 Å². The lowest BCUT2D eigenvalue weighted by molar-refractivity contribution is -0.117. The van der Waals surface area contributed by atoms with Crippen molar-refractivity contribution in [1.82, 2.24) is 0 Å². The molecule has 0 aliphatic carbocycles. The predicted octanol–water partition coefficient (Wildman–Crippen LogP) is 2.34. The van der Waals surface area contributed by atoms with Gasteiger partial charge in [-0.3, -0.25) is 4.79 Å². The summed E-state index contributed by atoms with van der Waals surface area (Å²) >= 11 is 0. The number of anilines is 1. The first-order chi connectivity index (χ1) is 8.60. The summed E-state index contributed by atoms with van der Waals surface area (Å²) < 4.78 is 0. The fraction of sp³-hybridized carbons (Fsp3) is 0.429. The van der Waals surface area contributed by atoms with Crippen LogP contribution >= 0.6 is 0 Å². The van der Waals surface area contributed by atoms with Crippen molar-refractivity contribution < 1.29 is 9.90 Å². The van der Waals surface area contributed by atoms with Crippen LogP contribution in [0.3, 0.4) is 0 Å². The first-order valence-electron chi connectivity index (χ1n) is 6.00. The number of nitrogens with zero attached hydrogens (tertiary/aromatic N) is 2. The highest BCUT2D eigenvalue weighted by molar-refractivity contribution is 5.97. The van der Waals surface area contributed by atoms with E-state index >= 15 is 0 Å². The van der Waals surface area contributed by atoms with Crippen LogP contribution in [-0.2, 0) is 4.79 Å². The number of rotatable bonds is 2. The lowest BCUT2D eigenvalue weighted by atomic mass is 10.0. The minimum atomic E-state index is -0.130. The quantitative estimate of drug-likeness (QED) is 0.811. The molecule has 1 heterocycles. The van der Waals surface area contributed by atoms with Crippen LogP contribution in [0.15, 0.2) is 12.1 Å². The van der Waals surface area contributed by atoms with Crippen molar-refractivity contribution in [2.24, 2.45) is 0 Å². The zero-order valence-electron chi connectivity index (χ0n) is 10.6. The SMILES string of the molecule is [C-]#[N+]c1ccc(N2C(=O)CC[C@@H]2CO)c(C)c1C. The van der Waals surface area contributed by atoms with Crippen LogP contribution in [0.4, 0.5) is 11.4 Å². The molecular formula is C14H16N2O2. The maximum atomic E-state index is 11.9. The Bertz CT molecular complexity index is 531. The molecule has 2 rings (SSSR count). The van der Waals surface area contributed by atoms with E-state index in [0.717, 1.165) is 16.8 Å². The highest BCUT2D eigenvalue weighted by atomic mass is 16.3. The van der Waals surface area contributed by atoms with Crippen LogP contribution in [0.5, 0.6) is 0 Å². The average molecular weight is 244 g/mol. The Morgan fingerprint density at radius 3 is 2.78 bits per heavy atom. The van der Waals surface area contributed by atoms with Gasteiger partial charge in [0.25, 0.3) is 0 Å². The van der Waals surface area contributed by atoms with E-state index in [9.17, 15) is 9.90 Å². The second-order valence-electron chi connectivity index (χ2n) is 4.60. The maximum Gasteiger partial charge on any atom is 0.227 e. The van der Waals surface area contributed by atoms with Gasteiger partial charge >= 0.3 is 0 Å². The number of hydrogen-bond acceptors (Lipinski definition) is 2. The topological polar surface area (TPSA) is 44.9 Å². The number of hydrogen-bond donors (Lipinski definition) is 1. The summed E-state index contributed by atoms with van der Waals surface area (Å²) in [6.07, 6.45) is 1.17. The van der Waals surface area contributed by atoms with Crippen molar-refractivity contribution in [3.63, 3.8) is 0 Å². The van der Waals surface area contributed by atoms with E-state index in [2.05, 4.69) is 4.85 Å². The van der Waals surface area contributed by atoms with E-state index in [1.807, 2.05) is 19.9 Å². The second-order valence-corrected chi connectivity index (χ2v) is 4.60. The van der Waals surface area contributed by atoms with Crippen molar-refractivity contribution in [3.05, 3.63) is 34.7 Å². The molecule has 94 valence electrons. The lowest BCUT2D eigenvalue weighted by Gasteiger charge is -2.26. The Kier molecular flexibility index (Phi) is 3.35. The maximum absolute atomic E-state index is 11.9. The molecule has 1 aliphatic rings. The van der Waals surface area contributed by atoms with E-state index in [0.29, 0.717) is 18.5 Å². The summed E-state index contributed by atoms with van der Waals surface area (Å²) in [5, 5.41) is 9.33. The molecule has 0 bridgehead atoms. The molecule has 1 N–H and O–H groups in total. The van der Waals surface area contributed by atoms with Crippen molar-refractivity contribution in [2.75, 3.05) is 11.5 Å². The number of aliphatic hydroxyl groups excluding tert-OH is 1. The molecule has 1 amide bonds. The monoisotopic (exact) mass is 244 g/mol. The second kappa shape index (κ2) is 4.79. The van der Waals surface area contributed by atoms with Crippen molar-refractivity contribution in [3.8, 4) is 0 Å². The number of carbonyl (C=O) groups is 1. The molecule has 1 aliphatic heterocycles. The molecule has 18 heavy (non-hydrogen) atoms. The smallest absolute Gasteiger partial charge is 0.227 e. The molecule has 1 atom stereocenters. The van der Waals surface area contributed by atoms with Gasteiger partial charge in [0.1, 0.15) is 0 Å². The van der Waals surface area contributed by atoms with Crippen LogP contribution in [0.1, 0.15) is 24.0 Å². The lowest BCUT2D eigenvalue weighted by Crippen LogP contribution is -2.35. The summed E-state index contributed by atoms with van der Waals surface area (Å²) in [5.41, 5.74) is 3.28. The van der Waals surface area contributed by atoms with Gasteiger partial charge in [0.15, 0.2) is 5.69 Å². The number of aliphatic hydroxyl groups is 1. The van der Waals surface area contributed by atoms with Crippen molar-refractivity contribution >= 4 is 17.3 Å². The first-order valence-corrected chi connectivity index (χ1v) is 6.00. The van der Waals surface area contributed by atoms with Gasteiger partial charge in [0, 0.05) is 12.1 Å². The van der Waals surface area contributed by atoms with Crippen LogP contribution in [0.2, 0.25) is 0 Å². The predicted molar refractivity (Wildman–Crippen MR) is 69.8 cm³/mol. The normalized spacial score (nSPS) is 19.1. The largest absolute Gasteiger partial charge is 0.394 e. The highest BCUT2D eigenvalue weighted by Gasteiger charge is 2.32. The molecule has 0 unspecified atom stereocenters. The molecule has 0 spiro atoms. The third-order valence-electron chi connectivity index (χ3n) is 3.65. The van der Waals surface area contributed by atoms with Gasteiger partial charge in [-0.15, -0.1) is 0 Å². The van der Waals surface area contributed by atoms with Crippen molar-refractivity contribution in [1.29, 1.82) is 0 Å². The molecule has 4 nitrogen and oxygen atoms in total. The molecule has 1 aromatic rings. The van der Waals surface area contributed by atoms with Crippen LogP contribution < -0.4 is 4.90 Å². The molecule has 4 heteroatoms. The Labute approximate surface area is 107 Å². The number of benzene rings is 1. The van der Waals surface area contributed by atoms with Crippen LogP contribution in [0, 0.1) is 20.4 Å². The summed E-state index contributed by atoms with van der Waals surface area (Å²) in [6, 6.07) is 3.42. The minimum absolute atomic E-state index is 0.0190. The van der Waals surface area contributed by atoms with Gasteiger partial charge in [-0.25, -0.2) is 4.85 Å². The van der Waals surface area contributed by atoms with E-state index in [4.69, 9.17) is 6.57 Å². The van der Waals surface area contributed by atoms with E-state index in [1.54, 1.807) is 11.0 Å². The zero-order valence-corrected chi connectivity index (χ0v) is 10.6. The molecule has 1 fully saturated rings. The molecule has 0 saturated carbocycles. The summed E-state index contributed by atoms with van der Waals surface area (Å²) in [6.45, 7) is 10.9. The highest BCUT2D eigenvalue weighted by Crippen LogP contribution is 2.34. The number of carbonyl (C=O) groups excluding carboxylic acids is 1. The molecule has 0 radical (unpaired) electrons. The minimum Gasteiger partial charge on any atom is -0.394 e. The molecular weight excluding hydrogens is 228 g/mol. The zero-order chi connectivity index (χ0) is 13.3. The first kappa shape index (κ1) is 12.6. The fourth-order valence-electron chi connectivity index (χ4n) is 2.42. The van der Waals surface area contributed by atoms with E-state index in [-0.39, 0.29) is 18.6 Å². The third-order valence-corrected chi connectivity index (χ3v) is 3.65. The van der Waals surface area contributed by atoms with Gasteiger partial charge in [0.05, 0.1) is 19.2 Å². The number of amides is 1.